The molecule has 0 aromatic rings. The average Bonchev–Trinajstić information content (AvgIpc) is 2.31. The van der Waals surface area contributed by atoms with Crippen LogP contribution in [0, 0.1) is 5.92 Å². The van der Waals surface area contributed by atoms with Crippen molar-refractivity contribution >= 4 is 18.0 Å². The lowest BCUT2D eigenvalue weighted by Gasteiger charge is -2.25. The molecule has 134 valence electrons. The lowest BCUT2D eigenvalue weighted by atomic mass is 10.0. The summed E-state index contributed by atoms with van der Waals surface area (Å²) < 4.78 is 10.2. The van der Waals surface area contributed by atoms with E-state index in [1.165, 1.54) is 6.92 Å². The predicted octanol–water partition coefficient (Wildman–Crippen LogP) is 1.99. The van der Waals surface area contributed by atoms with Crippen LogP contribution in [0.3, 0.4) is 0 Å². The van der Waals surface area contributed by atoms with Gasteiger partial charge in [0, 0.05) is 0 Å². The van der Waals surface area contributed by atoms with Crippen LogP contribution in [0.15, 0.2) is 0 Å². The van der Waals surface area contributed by atoms with Gasteiger partial charge in [-0.2, -0.15) is 0 Å². The van der Waals surface area contributed by atoms with Crippen LogP contribution in [0.1, 0.15) is 55.4 Å². The van der Waals surface area contributed by atoms with Crippen molar-refractivity contribution in [2.24, 2.45) is 5.92 Å². The Labute approximate surface area is 138 Å². The van der Waals surface area contributed by atoms with Gasteiger partial charge in [0.2, 0.25) is 5.91 Å². The van der Waals surface area contributed by atoms with Gasteiger partial charge in [0.15, 0.2) is 0 Å². The quantitative estimate of drug-likeness (QED) is 0.726. The Morgan fingerprint density at radius 1 is 0.913 bits per heavy atom. The maximum absolute atomic E-state index is 12.2. The van der Waals surface area contributed by atoms with E-state index in [1.807, 2.05) is 0 Å². The van der Waals surface area contributed by atoms with Gasteiger partial charge >= 0.3 is 12.1 Å². The van der Waals surface area contributed by atoms with Gasteiger partial charge in [0.1, 0.15) is 17.7 Å². The van der Waals surface area contributed by atoms with E-state index >= 15 is 0 Å². The predicted molar refractivity (Wildman–Crippen MR) is 86.8 cm³/mol. The maximum atomic E-state index is 12.2. The van der Waals surface area contributed by atoms with Crippen molar-refractivity contribution in [1.29, 1.82) is 0 Å². The molecule has 0 aromatic carbocycles. The van der Waals surface area contributed by atoms with Gasteiger partial charge in [-0.25, -0.2) is 9.59 Å². The van der Waals surface area contributed by atoms with Crippen LogP contribution in [0.25, 0.3) is 0 Å². The molecule has 0 aliphatic carbocycles. The molecule has 2 atom stereocenters. The number of hydrogen-bond acceptors (Lipinski definition) is 5. The minimum atomic E-state index is -0.835. The molecule has 0 bridgehead atoms. The highest BCUT2D eigenvalue weighted by molar-refractivity contribution is 5.89. The van der Waals surface area contributed by atoms with Crippen LogP contribution >= 0.6 is 0 Å². The fraction of sp³-hybridized carbons (Fsp3) is 0.812. The second-order valence-corrected chi connectivity index (χ2v) is 7.08. The zero-order valence-corrected chi connectivity index (χ0v) is 15.4. The minimum Gasteiger partial charge on any atom is -0.461 e. The molecule has 0 heterocycles. The minimum absolute atomic E-state index is 0.140. The molecule has 23 heavy (non-hydrogen) atoms. The van der Waals surface area contributed by atoms with E-state index in [9.17, 15) is 14.4 Å². The fourth-order valence-corrected chi connectivity index (χ4v) is 1.63. The van der Waals surface area contributed by atoms with E-state index in [1.54, 1.807) is 48.5 Å². The van der Waals surface area contributed by atoms with Gasteiger partial charge in [-0.3, -0.25) is 4.79 Å². The Kier molecular flexibility index (Phi) is 8.06. The third-order valence-corrected chi connectivity index (χ3v) is 2.70. The Morgan fingerprint density at radius 3 is 1.83 bits per heavy atom. The van der Waals surface area contributed by atoms with Crippen LogP contribution in [0.2, 0.25) is 0 Å². The van der Waals surface area contributed by atoms with E-state index in [0.717, 1.165) is 0 Å². The molecule has 0 fully saturated rings. The summed E-state index contributed by atoms with van der Waals surface area (Å²) in [6, 6.07) is -1.61. The monoisotopic (exact) mass is 330 g/mol. The van der Waals surface area contributed by atoms with Crippen molar-refractivity contribution in [2.75, 3.05) is 0 Å². The molecule has 0 aliphatic rings. The molecular weight excluding hydrogens is 300 g/mol. The van der Waals surface area contributed by atoms with Gasteiger partial charge in [0.25, 0.3) is 0 Å². The number of alkyl carbamates (subject to hydrolysis) is 1. The zero-order chi connectivity index (χ0) is 18.4. The Bertz CT molecular complexity index is 427. The summed E-state index contributed by atoms with van der Waals surface area (Å²) in [5.41, 5.74) is -0.651. The number of carbonyl (C=O) groups excluding carboxylic acids is 3. The van der Waals surface area contributed by atoms with Crippen molar-refractivity contribution in [3.8, 4) is 0 Å². The van der Waals surface area contributed by atoms with E-state index in [0.29, 0.717) is 0 Å². The lowest BCUT2D eigenvalue weighted by molar-refractivity contribution is -0.152. The van der Waals surface area contributed by atoms with Gasteiger partial charge in [-0.1, -0.05) is 13.8 Å². The van der Waals surface area contributed by atoms with Gasteiger partial charge in [-0.15, -0.1) is 0 Å². The molecule has 0 aromatic heterocycles. The molecular formula is C16H30N2O5. The maximum Gasteiger partial charge on any atom is 0.408 e. The van der Waals surface area contributed by atoms with Crippen LogP contribution < -0.4 is 10.6 Å². The standard InChI is InChI=1S/C16H30N2O5/c1-9(2)12(14(20)22-10(3)4)18-13(19)11(5)17-15(21)23-16(6,7)8/h9-12H,1-8H3,(H,17,21)(H,18,19)/t11-,12-/m0/s1. The molecule has 7 heteroatoms. The van der Waals surface area contributed by atoms with Crippen molar-refractivity contribution in [2.45, 2.75) is 79.2 Å². The first kappa shape index (κ1) is 21.2. The smallest absolute Gasteiger partial charge is 0.408 e. The zero-order valence-electron chi connectivity index (χ0n) is 15.4. The topological polar surface area (TPSA) is 93.7 Å². The van der Waals surface area contributed by atoms with Gasteiger partial charge < -0.3 is 20.1 Å². The Hall–Kier alpha value is -1.79. The van der Waals surface area contributed by atoms with Crippen molar-refractivity contribution in [1.82, 2.24) is 10.6 Å². The summed E-state index contributed by atoms with van der Waals surface area (Å²) in [6.07, 6.45) is -0.955. The van der Waals surface area contributed by atoms with Crippen molar-refractivity contribution < 1.29 is 23.9 Å². The molecule has 2 N–H and O–H groups in total. The summed E-state index contributed by atoms with van der Waals surface area (Å²) in [4.78, 5) is 35.8. The number of carbonyl (C=O) groups is 3. The number of hydrogen-bond donors (Lipinski definition) is 2. The molecule has 0 saturated heterocycles. The number of esters is 1. The molecule has 0 aliphatic heterocycles. The summed E-state index contributed by atoms with van der Waals surface area (Å²) in [5.74, 6) is -1.11. The third kappa shape index (κ3) is 9.05. The lowest BCUT2D eigenvalue weighted by Crippen LogP contribution is -2.53. The van der Waals surface area contributed by atoms with Crippen LogP contribution in [0.4, 0.5) is 4.79 Å². The second kappa shape index (κ2) is 8.74. The van der Waals surface area contributed by atoms with Crippen LogP contribution in [0.5, 0.6) is 0 Å². The molecule has 0 rings (SSSR count). The second-order valence-electron chi connectivity index (χ2n) is 7.08. The van der Waals surface area contributed by atoms with Gasteiger partial charge in [0.05, 0.1) is 6.10 Å². The highest BCUT2D eigenvalue weighted by Crippen LogP contribution is 2.08. The first-order valence-corrected chi connectivity index (χ1v) is 7.84. The molecule has 7 nitrogen and oxygen atoms in total. The van der Waals surface area contributed by atoms with Crippen molar-refractivity contribution in [3.63, 3.8) is 0 Å². The van der Waals surface area contributed by atoms with E-state index < -0.39 is 35.7 Å². The number of amides is 2. The Balaban J connectivity index is 4.68. The number of nitrogens with one attached hydrogen (secondary N) is 2. The molecule has 0 unspecified atom stereocenters. The van der Waals surface area contributed by atoms with Crippen LogP contribution in [-0.2, 0) is 19.1 Å². The third-order valence-electron chi connectivity index (χ3n) is 2.70. The molecule has 0 spiro atoms. The Morgan fingerprint density at radius 2 is 1.43 bits per heavy atom. The van der Waals surface area contributed by atoms with Gasteiger partial charge in [-0.05, 0) is 47.5 Å². The normalized spacial score (nSPS) is 14.2. The number of rotatable bonds is 6. The van der Waals surface area contributed by atoms with E-state index in [-0.39, 0.29) is 12.0 Å². The summed E-state index contributed by atoms with van der Waals surface area (Å²) in [5, 5.41) is 5.04. The van der Waals surface area contributed by atoms with E-state index in [2.05, 4.69) is 10.6 Å². The van der Waals surface area contributed by atoms with Crippen molar-refractivity contribution in [3.05, 3.63) is 0 Å². The summed E-state index contributed by atoms with van der Waals surface area (Å²) >= 11 is 0. The first-order valence-electron chi connectivity index (χ1n) is 7.84. The molecule has 0 radical (unpaired) electrons. The highest BCUT2D eigenvalue weighted by Gasteiger charge is 2.29. The molecule has 2 amide bonds. The van der Waals surface area contributed by atoms with E-state index in [4.69, 9.17) is 9.47 Å². The highest BCUT2D eigenvalue weighted by atomic mass is 16.6. The van der Waals surface area contributed by atoms with Crippen LogP contribution in [-0.4, -0.2) is 41.8 Å². The first-order chi connectivity index (χ1) is 10.3. The summed E-state index contributed by atoms with van der Waals surface area (Å²) in [7, 11) is 0. The largest absolute Gasteiger partial charge is 0.461 e. The average molecular weight is 330 g/mol. The number of ether oxygens (including phenoxy) is 2. The molecule has 0 saturated carbocycles. The SMILES string of the molecule is CC(C)OC(=O)[C@@H](NC(=O)[C@H](C)NC(=O)OC(C)(C)C)C(C)C. The fourth-order valence-electron chi connectivity index (χ4n) is 1.63. The summed E-state index contributed by atoms with van der Waals surface area (Å²) in [6.45, 7) is 13.8.